The van der Waals surface area contributed by atoms with Gasteiger partial charge in [-0.15, -0.1) is 0 Å². The molecule has 1 aromatic rings. The number of hydrogen-bond acceptors (Lipinski definition) is 3. The van der Waals surface area contributed by atoms with Gasteiger partial charge >= 0.3 is 0 Å². The van der Waals surface area contributed by atoms with Crippen LogP contribution < -0.4 is 11.1 Å². The summed E-state index contributed by atoms with van der Waals surface area (Å²) in [6, 6.07) is 5.86. The molecular formula is C15H25N3O. The van der Waals surface area contributed by atoms with Crippen molar-refractivity contribution in [3.05, 3.63) is 34.9 Å². The van der Waals surface area contributed by atoms with Gasteiger partial charge in [0, 0.05) is 12.1 Å². The highest BCUT2D eigenvalue weighted by molar-refractivity contribution is 5.97. The Morgan fingerprint density at radius 2 is 2.11 bits per heavy atom. The molecule has 0 aliphatic heterocycles. The van der Waals surface area contributed by atoms with Crippen molar-refractivity contribution < 1.29 is 5.21 Å². The van der Waals surface area contributed by atoms with Gasteiger partial charge in [-0.3, -0.25) is 0 Å². The number of nitrogens with two attached hydrogens (primary N) is 1. The summed E-state index contributed by atoms with van der Waals surface area (Å²) in [7, 11) is 0. The molecule has 4 N–H and O–H groups in total. The molecule has 0 saturated heterocycles. The molecule has 0 bridgehead atoms. The summed E-state index contributed by atoms with van der Waals surface area (Å²) in [6.45, 7) is 6.19. The number of benzene rings is 1. The van der Waals surface area contributed by atoms with Gasteiger partial charge in [0.15, 0.2) is 5.84 Å². The minimum Gasteiger partial charge on any atom is -0.409 e. The Bertz CT molecular complexity index is 416. The highest BCUT2D eigenvalue weighted by Crippen LogP contribution is 2.11. The summed E-state index contributed by atoms with van der Waals surface area (Å²) >= 11 is 0. The standard InChI is InChI=1S/C15H25N3O/c1-3-4-5-6-9-17-11-14-8-7-13(10-12(14)2)15(16)18-19/h7-8,10,17,19H,3-6,9,11H2,1-2H3,(H2,16,18). The first-order chi connectivity index (χ1) is 9.19. The van der Waals surface area contributed by atoms with Gasteiger partial charge in [0.25, 0.3) is 0 Å². The van der Waals surface area contributed by atoms with Gasteiger partial charge in [0.05, 0.1) is 0 Å². The first kappa shape index (κ1) is 15.5. The largest absolute Gasteiger partial charge is 0.409 e. The fraction of sp³-hybridized carbons (Fsp3) is 0.533. The highest BCUT2D eigenvalue weighted by atomic mass is 16.4. The zero-order valence-corrected chi connectivity index (χ0v) is 11.9. The number of aryl methyl sites for hydroxylation is 1. The van der Waals surface area contributed by atoms with Crippen molar-refractivity contribution in [2.24, 2.45) is 10.9 Å². The molecule has 0 aliphatic rings. The molecule has 0 heterocycles. The molecule has 4 nitrogen and oxygen atoms in total. The predicted octanol–water partition coefficient (Wildman–Crippen LogP) is 2.76. The number of hydrogen-bond donors (Lipinski definition) is 3. The van der Waals surface area contributed by atoms with E-state index in [1.165, 1.54) is 31.2 Å². The second kappa shape index (κ2) is 8.53. The number of unbranched alkanes of at least 4 members (excludes halogenated alkanes) is 3. The second-order valence-electron chi connectivity index (χ2n) is 4.86. The molecule has 0 aromatic heterocycles. The third-order valence-electron chi connectivity index (χ3n) is 3.27. The number of oxime groups is 1. The molecule has 4 heteroatoms. The lowest BCUT2D eigenvalue weighted by molar-refractivity contribution is 0.318. The number of amidine groups is 1. The van der Waals surface area contributed by atoms with E-state index in [9.17, 15) is 0 Å². The maximum atomic E-state index is 8.64. The third kappa shape index (κ3) is 5.30. The van der Waals surface area contributed by atoms with Crippen LogP contribution in [0.3, 0.4) is 0 Å². The van der Waals surface area contributed by atoms with Crippen LogP contribution in [-0.2, 0) is 6.54 Å². The van der Waals surface area contributed by atoms with E-state index in [4.69, 9.17) is 10.9 Å². The third-order valence-corrected chi connectivity index (χ3v) is 3.27. The molecule has 19 heavy (non-hydrogen) atoms. The quantitative estimate of drug-likeness (QED) is 0.222. The molecular weight excluding hydrogens is 238 g/mol. The van der Waals surface area contributed by atoms with E-state index in [2.05, 4.69) is 17.4 Å². The molecule has 0 aliphatic carbocycles. The fourth-order valence-electron chi connectivity index (χ4n) is 2.01. The van der Waals surface area contributed by atoms with Crippen molar-refractivity contribution in [2.75, 3.05) is 6.54 Å². The van der Waals surface area contributed by atoms with Crippen LogP contribution in [0.5, 0.6) is 0 Å². The molecule has 106 valence electrons. The van der Waals surface area contributed by atoms with E-state index >= 15 is 0 Å². The summed E-state index contributed by atoms with van der Waals surface area (Å²) < 4.78 is 0. The van der Waals surface area contributed by atoms with Crippen molar-refractivity contribution in [1.82, 2.24) is 5.32 Å². The van der Waals surface area contributed by atoms with E-state index in [0.717, 1.165) is 24.2 Å². The van der Waals surface area contributed by atoms with Crippen LogP contribution in [-0.4, -0.2) is 17.6 Å². The van der Waals surface area contributed by atoms with Crippen LogP contribution in [0.2, 0.25) is 0 Å². The lowest BCUT2D eigenvalue weighted by Crippen LogP contribution is -2.17. The van der Waals surface area contributed by atoms with E-state index in [0.29, 0.717) is 0 Å². The molecule has 1 rings (SSSR count). The lowest BCUT2D eigenvalue weighted by atomic mass is 10.0. The van der Waals surface area contributed by atoms with Crippen molar-refractivity contribution in [2.45, 2.75) is 46.1 Å². The maximum Gasteiger partial charge on any atom is 0.170 e. The van der Waals surface area contributed by atoms with Crippen molar-refractivity contribution in [3.8, 4) is 0 Å². The maximum absolute atomic E-state index is 8.64. The molecule has 0 spiro atoms. The molecule has 0 unspecified atom stereocenters. The molecule has 0 atom stereocenters. The first-order valence-corrected chi connectivity index (χ1v) is 6.97. The molecule has 0 saturated carbocycles. The summed E-state index contributed by atoms with van der Waals surface area (Å²) in [5.41, 5.74) is 8.73. The molecule has 0 amide bonds. The Morgan fingerprint density at radius 1 is 1.32 bits per heavy atom. The Morgan fingerprint density at radius 3 is 2.74 bits per heavy atom. The average Bonchev–Trinajstić information content (AvgIpc) is 2.43. The minimum absolute atomic E-state index is 0.155. The zero-order chi connectivity index (χ0) is 14.1. The number of nitrogens with one attached hydrogen (secondary N) is 1. The monoisotopic (exact) mass is 263 g/mol. The first-order valence-electron chi connectivity index (χ1n) is 6.97. The van der Waals surface area contributed by atoms with E-state index in [1.807, 2.05) is 25.1 Å². The topological polar surface area (TPSA) is 70.6 Å². The van der Waals surface area contributed by atoms with Crippen LogP contribution in [0, 0.1) is 6.92 Å². The summed E-state index contributed by atoms with van der Waals surface area (Å²) in [5, 5.41) is 15.1. The van der Waals surface area contributed by atoms with Gasteiger partial charge in [-0.05, 0) is 37.1 Å². The lowest BCUT2D eigenvalue weighted by Gasteiger charge is -2.09. The Labute approximate surface area is 115 Å². The summed E-state index contributed by atoms with van der Waals surface area (Å²) in [6.07, 6.45) is 5.11. The van der Waals surface area contributed by atoms with Crippen LogP contribution in [0.15, 0.2) is 23.4 Å². The molecule has 1 aromatic carbocycles. The Hall–Kier alpha value is -1.55. The normalized spacial score (nSPS) is 11.8. The Balaban J connectivity index is 2.43. The smallest absolute Gasteiger partial charge is 0.170 e. The SMILES string of the molecule is CCCCCCNCc1ccc(/C(N)=N/O)cc1C. The zero-order valence-electron chi connectivity index (χ0n) is 11.9. The van der Waals surface area contributed by atoms with Gasteiger partial charge in [-0.2, -0.15) is 0 Å². The van der Waals surface area contributed by atoms with E-state index in [-0.39, 0.29) is 5.84 Å². The number of nitrogens with zero attached hydrogens (tertiary/aromatic N) is 1. The second-order valence-corrected chi connectivity index (χ2v) is 4.86. The van der Waals surface area contributed by atoms with Crippen LogP contribution in [0.25, 0.3) is 0 Å². The predicted molar refractivity (Wildman–Crippen MR) is 79.5 cm³/mol. The van der Waals surface area contributed by atoms with Gasteiger partial charge in [-0.25, -0.2) is 0 Å². The van der Waals surface area contributed by atoms with E-state index < -0.39 is 0 Å². The molecule has 0 fully saturated rings. The van der Waals surface area contributed by atoms with Gasteiger partial charge in [0.2, 0.25) is 0 Å². The van der Waals surface area contributed by atoms with Gasteiger partial charge in [-0.1, -0.05) is 43.5 Å². The van der Waals surface area contributed by atoms with Crippen molar-refractivity contribution >= 4 is 5.84 Å². The van der Waals surface area contributed by atoms with Gasteiger partial charge in [0.1, 0.15) is 0 Å². The summed E-state index contributed by atoms with van der Waals surface area (Å²) in [5.74, 6) is 0.155. The van der Waals surface area contributed by atoms with Crippen molar-refractivity contribution in [3.63, 3.8) is 0 Å². The van der Waals surface area contributed by atoms with Crippen molar-refractivity contribution in [1.29, 1.82) is 0 Å². The van der Waals surface area contributed by atoms with Crippen LogP contribution >= 0.6 is 0 Å². The van der Waals surface area contributed by atoms with Gasteiger partial charge < -0.3 is 16.3 Å². The average molecular weight is 263 g/mol. The Kier molecular flexibility index (Phi) is 6.97. The van der Waals surface area contributed by atoms with Crippen LogP contribution in [0.4, 0.5) is 0 Å². The molecule has 0 radical (unpaired) electrons. The number of rotatable bonds is 8. The van der Waals surface area contributed by atoms with E-state index in [1.54, 1.807) is 0 Å². The summed E-state index contributed by atoms with van der Waals surface area (Å²) in [4.78, 5) is 0. The fourth-order valence-corrected chi connectivity index (χ4v) is 2.01. The minimum atomic E-state index is 0.155. The highest BCUT2D eigenvalue weighted by Gasteiger charge is 2.03. The van der Waals surface area contributed by atoms with Crippen LogP contribution in [0.1, 0.15) is 49.3 Å².